The molecule has 0 aliphatic carbocycles. The van der Waals surface area contributed by atoms with E-state index in [2.05, 4.69) is 49.3 Å². The summed E-state index contributed by atoms with van der Waals surface area (Å²) in [5.74, 6) is 0.514. The maximum Gasteiger partial charge on any atom is 0.264 e. The third-order valence-electron chi connectivity index (χ3n) is 11.2. The molecule has 1 spiro atoms. The van der Waals surface area contributed by atoms with Crippen molar-refractivity contribution in [3.63, 3.8) is 0 Å². The topological polar surface area (TPSA) is 110 Å². The molecule has 2 saturated heterocycles. The number of anilines is 2. The molecule has 4 aromatic rings. The maximum atomic E-state index is 15.2. The molecular weight excluding hydrogens is 630 g/mol. The third kappa shape index (κ3) is 5.88. The second-order valence-electron chi connectivity index (χ2n) is 14.5. The van der Waals surface area contributed by atoms with Crippen LogP contribution in [0, 0.1) is 11.8 Å². The molecule has 4 heterocycles. The molecule has 7 rings (SSSR count). The molecule has 10 heteroatoms. The van der Waals surface area contributed by atoms with Gasteiger partial charge in [0.2, 0.25) is 5.91 Å². The first kappa shape index (κ1) is 33.9. The number of carbonyl (C=O) groups is 2. The first-order valence-electron chi connectivity index (χ1n) is 17.8. The lowest BCUT2D eigenvalue weighted by atomic mass is 9.63. The monoisotopic (exact) mass is 677 g/mol. The van der Waals surface area contributed by atoms with Crippen LogP contribution in [0.3, 0.4) is 0 Å². The first-order valence-corrected chi connectivity index (χ1v) is 17.8. The summed E-state index contributed by atoms with van der Waals surface area (Å²) in [6.07, 6.45) is 4.96. The van der Waals surface area contributed by atoms with Crippen LogP contribution in [-0.2, 0) is 44.9 Å². The number of aliphatic hydroxyl groups excluding tert-OH is 1. The Kier molecular flexibility index (Phi) is 9.26. The zero-order valence-electron chi connectivity index (χ0n) is 29.4. The van der Waals surface area contributed by atoms with Crippen molar-refractivity contribution in [2.24, 2.45) is 11.8 Å². The van der Waals surface area contributed by atoms with E-state index in [0.717, 1.165) is 52.4 Å². The smallest absolute Gasteiger partial charge is 0.264 e. The van der Waals surface area contributed by atoms with Crippen LogP contribution in [-0.4, -0.2) is 58.3 Å². The SMILES string of the molecule is COc1ccc(C(C)(C)[C@H]2[C@H](CCn3cc(CCO)nn3)O[C@@]3(C(=O)N(Cc4ccccc4)c4ccc(N5CCCCC5=O)cc43)[C@@H]2C)cc1. The second kappa shape index (κ2) is 13.6. The molecule has 0 bridgehead atoms. The van der Waals surface area contributed by atoms with Crippen molar-refractivity contribution < 1.29 is 24.2 Å². The molecule has 3 aromatic carbocycles. The summed E-state index contributed by atoms with van der Waals surface area (Å²) in [7, 11) is 1.67. The van der Waals surface area contributed by atoms with E-state index in [9.17, 15) is 9.90 Å². The predicted molar refractivity (Wildman–Crippen MR) is 191 cm³/mol. The molecule has 0 saturated carbocycles. The van der Waals surface area contributed by atoms with E-state index in [0.29, 0.717) is 38.9 Å². The zero-order chi connectivity index (χ0) is 35.0. The van der Waals surface area contributed by atoms with Gasteiger partial charge in [0, 0.05) is 61.8 Å². The molecule has 3 aliphatic heterocycles. The fraction of sp³-hybridized carbons (Fsp3) is 0.450. The van der Waals surface area contributed by atoms with Crippen LogP contribution >= 0.6 is 0 Å². The molecule has 1 aromatic heterocycles. The number of piperidine rings is 1. The quantitative estimate of drug-likeness (QED) is 0.214. The average Bonchev–Trinajstić information content (AvgIpc) is 3.78. The summed E-state index contributed by atoms with van der Waals surface area (Å²) >= 11 is 0. The van der Waals surface area contributed by atoms with Crippen molar-refractivity contribution >= 4 is 23.2 Å². The van der Waals surface area contributed by atoms with Crippen molar-refractivity contribution in [3.05, 3.63) is 101 Å². The molecular formula is C40H47N5O5. The highest BCUT2D eigenvalue weighted by molar-refractivity contribution is 6.08. The number of hydrogen-bond acceptors (Lipinski definition) is 7. The van der Waals surface area contributed by atoms with Gasteiger partial charge in [-0.05, 0) is 66.1 Å². The Morgan fingerprint density at radius 2 is 1.82 bits per heavy atom. The standard InChI is InChI=1S/C40H47N5O5/c1-27-37(39(2,3)29-13-16-32(49-4)17-14-29)35(19-22-43-26-30(20-23-46)41-42-43)50-40(27)33-24-31(44-21-9-8-12-36(44)47)15-18-34(33)45(38(40)48)25-28-10-6-5-7-11-28/h5-7,10-11,13-18,24,26-27,35,37,46H,8-9,12,19-23,25H2,1-4H3/t27-,35+,37-,40+/m1/s1. The Balaban J connectivity index is 1.33. The largest absolute Gasteiger partial charge is 0.497 e. The molecule has 2 fully saturated rings. The van der Waals surface area contributed by atoms with Gasteiger partial charge in [-0.3, -0.25) is 14.3 Å². The number of hydrogen-bond donors (Lipinski definition) is 1. The first-order chi connectivity index (χ1) is 24.2. The Hall–Kier alpha value is -4.54. The van der Waals surface area contributed by atoms with Crippen molar-refractivity contribution in [1.29, 1.82) is 0 Å². The summed E-state index contributed by atoms with van der Waals surface area (Å²) < 4.78 is 14.6. The summed E-state index contributed by atoms with van der Waals surface area (Å²) in [6.45, 7) is 8.27. The molecule has 0 radical (unpaired) electrons. The van der Waals surface area contributed by atoms with Gasteiger partial charge in [-0.15, -0.1) is 5.10 Å². The van der Waals surface area contributed by atoms with Gasteiger partial charge in [-0.1, -0.05) is 68.4 Å². The third-order valence-corrected chi connectivity index (χ3v) is 11.2. The maximum absolute atomic E-state index is 15.2. The summed E-state index contributed by atoms with van der Waals surface area (Å²) in [5.41, 5.74) is 3.69. The Labute approximate surface area is 294 Å². The molecule has 1 N–H and O–H groups in total. The number of aryl methyl sites for hydroxylation is 1. The highest BCUT2D eigenvalue weighted by Crippen LogP contribution is 2.60. The molecule has 50 heavy (non-hydrogen) atoms. The van der Waals surface area contributed by atoms with E-state index in [4.69, 9.17) is 9.47 Å². The minimum absolute atomic E-state index is 0.00854. The highest BCUT2D eigenvalue weighted by atomic mass is 16.5. The van der Waals surface area contributed by atoms with Crippen molar-refractivity contribution in [1.82, 2.24) is 15.0 Å². The number of nitrogens with zero attached hydrogens (tertiary/aromatic N) is 5. The second-order valence-corrected chi connectivity index (χ2v) is 14.5. The van der Waals surface area contributed by atoms with E-state index in [1.54, 1.807) is 11.8 Å². The van der Waals surface area contributed by atoms with Gasteiger partial charge < -0.3 is 24.4 Å². The van der Waals surface area contributed by atoms with E-state index in [-0.39, 0.29) is 36.4 Å². The Morgan fingerprint density at radius 3 is 2.54 bits per heavy atom. The van der Waals surface area contributed by atoms with Crippen LogP contribution in [0.5, 0.6) is 5.75 Å². The van der Waals surface area contributed by atoms with Gasteiger partial charge in [-0.2, -0.15) is 0 Å². The van der Waals surface area contributed by atoms with Crippen LogP contribution in [0.2, 0.25) is 0 Å². The number of amides is 2. The van der Waals surface area contributed by atoms with Gasteiger partial charge >= 0.3 is 0 Å². The van der Waals surface area contributed by atoms with Crippen LogP contribution in [0.1, 0.15) is 68.8 Å². The van der Waals surface area contributed by atoms with Crippen molar-refractivity contribution in [3.8, 4) is 5.75 Å². The van der Waals surface area contributed by atoms with Crippen molar-refractivity contribution in [2.45, 2.75) is 83.1 Å². The number of methoxy groups -OCH3 is 1. The fourth-order valence-electron chi connectivity index (χ4n) is 8.68. The van der Waals surface area contributed by atoms with Crippen LogP contribution in [0.4, 0.5) is 11.4 Å². The number of rotatable bonds is 11. The van der Waals surface area contributed by atoms with Gasteiger partial charge in [0.1, 0.15) is 5.75 Å². The molecule has 262 valence electrons. The number of fused-ring (bicyclic) bond motifs is 2. The predicted octanol–water partition coefficient (Wildman–Crippen LogP) is 5.80. The number of ether oxygens (including phenoxy) is 2. The fourth-order valence-corrected chi connectivity index (χ4v) is 8.68. The van der Waals surface area contributed by atoms with Crippen LogP contribution in [0.15, 0.2) is 79.0 Å². The van der Waals surface area contributed by atoms with Crippen LogP contribution < -0.4 is 14.5 Å². The molecule has 10 nitrogen and oxygen atoms in total. The number of carbonyl (C=O) groups excluding carboxylic acids is 2. The number of aliphatic hydroxyl groups is 1. The number of aromatic nitrogens is 3. The van der Waals surface area contributed by atoms with Gasteiger partial charge in [-0.25, -0.2) is 0 Å². The lowest BCUT2D eigenvalue weighted by molar-refractivity contribution is -0.146. The normalized spacial score (nSPS) is 23.6. The zero-order valence-corrected chi connectivity index (χ0v) is 29.4. The van der Waals surface area contributed by atoms with Crippen molar-refractivity contribution in [2.75, 3.05) is 30.1 Å². The van der Waals surface area contributed by atoms with E-state index >= 15 is 4.79 Å². The minimum atomic E-state index is -1.26. The minimum Gasteiger partial charge on any atom is -0.497 e. The Morgan fingerprint density at radius 1 is 1.04 bits per heavy atom. The van der Waals surface area contributed by atoms with E-state index in [1.165, 1.54) is 0 Å². The number of benzene rings is 3. The molecule has 0 unspecified atom stereocenters. The highest BCUT2D eigenvalue weighted by Gasteiger charge is 2.66. The van der Waals surface area contributed by atoms with E-state index in [1.807, 2.05) is 70.6 Å². The van der Waals surface area contributed by atoms with Crippen LogP contribution in [0.25, 0.3) is 0 Å². The average molecular weight is 678 g/mol. The molecule has 4 atom stereocenters. The summed E-state index contributed by atoms with van der Waals surface area (Å²) in [5, 5.41) is 18.0. The Bertz CT molecular complexity index is 1840. The lowest BCUT2D eigenvalue weighted by Gasteiger charge is -2.39. The molecule has 3 aliphatic rings. The van der Waals surface area contributed by atoms with Gasteiger partial charge in [0.05, 0.1) is 31.1 Å². The lowest BCUT2D eigenvalue weighted by Crippen LogP contribution is -2.45. The summed E-state index contributed by atoms with van der Waals surface area (Å²) in [4.78, 5) is 32.1. The van der Waals surface area contributed by atoms with Gasteiger partial charge in [0.15, 0.2) is 5.60 Å². The molecule has 2 amide bonds. The van der Waals surface area contributed by atoms with Gasteiger partial charge in [0.25, 0.3) is 5.91 Å². The van der Waals surface area contributed by atoms with E-state index < -0.39 is 11.0 Å². The summed E-state index contributed by atoms with van der Waals surface area (Å²) in [6, 6.07) is 24.3.